The summed E-state index contributed by atoms with van der Waals surface area (Å²) in [6, 6.07) is 0. The summed E-state index contributed by atoms with van der Waals surface area (Å²) in [6.07, 6.45) is -3.25. The standard InChI is InChI=1S/C9H12F3NO3/c1-8(7(15)16,5-3-2-4-5)13-6(14)9(10,11)12/h5H,2-4H2,1H3,(H,13,14)(H,15,16). The third kappa shape index (κ3) is 2.28. The van der Waals surface area contributed by atoms with E-state index < -0.39 is 29.5 Å². The van der Waals surface area contributed by atoms with Gasteiger partial charge >= 0.3 is 18.1 Å². The molecule has 4 nitrogen and oxygen atoms in total. The molecule has 1 saturated carbocycles. The van der Waals surface area contributed by atoms with Crippen molar-refractivity contribution in [2.75, 3.05) is 0 Å². The van der Waals surface area contributed by atoms with E-state index in [-0.39, 0.29) is 0 Å². The molecule has 7 heteroatoms. The van der Waals surface area contributed by atoms with Gasteiger partial charge in [-0.15, -0.1) is 0 Å². The highest BCUT2D eigenvalue weighted by Crippen LogP contribution is 2.36. The van der Waals surface area contributed by atoms with Crippen LogP contribution >= 0.6 is 0 Å². The molecule has 92 valence electrons. The van der Waals surface area contributed by atoms with Gasteiger partial charge in [0, 0.05) is 0 Å². The molecule has 0 saturated heterocycles. The third-order valence-electron chi connectivity index (χ3n) is 3.00. The summed E-state index contributed by atoms with van der Waals surface area (Å²) >= 11 is 0. The first-order chi connectivity index (χ1) is 7.18. The van der Waals surface area contributed by atoms with Crippen LogP contribution in [-0.2, 0) is 9.59 Å². The Bertz CT molecular complexity index is 312. The summed E-state index contributed by atoms with van der Waals surface area (Å²) in [5.41, 5.74) is -1.83. The van der Waals surface area contributed by atoms with Gasteiger partial charge in [0.25, 0.3) is 0 Å². The molecule has 0 aromatic heterocycles. The number of carboxylic acid groups (broad SMARTS) is 1. The van der Waals surface area contributed by atoms with Crippen LogP contribution in [0.3, 0.4) is 0 Å². The first kappa shape index (κ1) is 12.8. The first-order valence-corrected chi connectivity index (χ1v) is 4.80. The van der Waals surface area contributed by atoms with Crippen LogP contribution in [-0.4, -0.2) is 28.7 Å². The molecule has 16 heavy (non-hydrogen) atoms. The van der Waals surface area contributed by atoms with E-state index in [1.165, 1.54) is 0 Å². The molecule has 0 heterocycles. The highest BCUT2D eigenvalue weighted by atomic mass is 19.4. The SMILES string of the molecule is CC(NC(=O)C(F)(F)F)(C(=O)O)C1CCC1. The second-order valence-electron chi connectivity index (χ2n) is 4.09. The molecule has 2 N–H and O–H groups in total. The van der Waals surface area contributed by atoms with Crippen molar-refractivity contribution in [1.82, 2.24) is 5.32 Å². The Morgan fingerprint density at radius 2 is 1.81 bits per heavy atom. The summed E-state index contributed by atoms with van der Waals surface area (Å²) in [5, 5.41) is 10.5. The number of carboxylic acids is 1. The van der Waals surface area contributed by atoms with Gasteiger partial charge in [0.2, 0.25) is 0 Å². The molecular formula is C9H12F3NO3. The maximum absolute atomic E-state index is 12.0. The lowest BCUT2D eigenvalue weighted by Gasteiger charge is -2.40. The molecule has 0 aromatic rings. The number of hydrogen-bond acceptors (Lipinski definition) is 2. The van der Waals surface area contributed by atoms with Crippen molar-refractivity contribution in [2.45, 2.75) is 37.9 Å². The number of rotatable bonds is 3. The van der Waals surface area contributed by atoms with E-state index in [0.29, 0.717) is 12.8 Å². The Morgan fingerprint density at radius 1 is 1.31 bits per heavy atom. The summed E-state index contributed by atoms with van der Waals surface area (Å²) in [4.78, 5) is 21.7. The fourth-order valence-corrected chi connectivity index (χ4v) is 1.62. The lowest BCUT2D eigenvalue weighted by molar-refractivity contribution is -0.179. The van der Waals surface area contributed by atoms with Crippen LogP contribution in [0.1, 0.15) is 26.2 Å². The lowest BCUT2D eigenvalue weighted by atomic mass is 9.71. The second-order valence-corrected chi connectivity index (χ2v) is 4.09. The topological polar surface area (TPSA) is 66.4 Å². The summed E-state index contributed by atoms with van der Waals surface area (Å²) in [6.45, 7) is 1.11. The van der Waals surface area contributed by atoms with Crippen LogP contribution in [0.15, 0.2) is 0 Å². The van der Waals surface area contributed by atoms with Crippen LogP contribution in [0.5, 0.6) is 0 Å². The molecule has 0 aromatic carbocycles. The van der Waals surface area contributed by atoms with Crippen LogP contribution in [0.2, 0.25) is 0 Å². The highest BCUT2D eigenvalue weighted by molar-refractivity contribution is 5.89. The van der Waals surface area contributed by atoms with Gasteiger partial charge in [-0.3, -0.25) is 4.79 Å². The van der Waals surface area contributed by atoms with E-state index in [2.05, 4.69) is 0 Å². The predicted molar refractivity (Wildman–Crippen MR) is 47.6 cm³/mol. The normalized spacial score (nSPS) is 20.8. The van der Waals surface area contributed by atoms with Gasteiger partial charge in [-0.05, 0) is 25.7 Å². The number of aliphatic carboxylic acids is 1. The Hall–Kier alpha value is -1.27. The Balaban J connectivity index is 2.79. The van der Waals surface area contributed by atoms with Gasteiger partial charge in [-0.1, -0.05) is 6.42 Å². The van der Waals surface area contributed by atoms with Gasteiger partial charge in [-0.2, -0.15) is 13.2 Å². The van der Waals surface area contributed by atoms with Gasteiger partial charge in [0.05, 0.1) is 0 Å². The number of halogens is 3. The maximum atomic E-state index is 12.0. The van der Waals surface area contributed by atoms with Crippen molar-refractivity contribution in [1.29, 1.82) is 0 Å². The van der Waals surface area contributed by atoms with Crippen molar-refractivity contribution in [3.63, 3.8) is 0 Å². The van der Waals surface area contributed by atoms with Crippen LogP contribution in [0, 0.1) is 5.92 Å². The molecule has 0 spiro atoms. The van der Waals surface area contributed by atoms with Crippen LogP contribution < -0.4 is 5.32 Å². The number of nitrogens with one attached hydrogen (secondary N) is 1. The predicted octanol–water partition coefficient (Wildman–Crippen LogP) is 1.31. The maximum Gasteiger partial charge on any atom is 0.471 e. The number of alkyl halides is 3. The van der Waals surface area contributed by atoms with E-state index in [4.69, 9.17) is 5.11 Å². The zero-order chi connectivity index (χ0) is 12.6. The van der Waals surface area contributed by atoms with Crippen LogP contribution in [0.25, 0.3) is 0 Å². The first-order valence-electron chi connectivity index (χ1n) is 4.80. The summed E-state index contributed by atoms with van der Waals surface area (Å²) < 4.78 is 36.1. The molecule has 1 aliphatic carbocycles. The fraction of sp³-hybridized carbons (Fsp3) is 0.778. The fourth-order valence-electron chi connectivity index (χ4n) is 1.62. The molecule has 1 aliphatic rings. The minimum atomic E-state index is -5.06. The molecule has 0 bridgehead atoms. The quantitative estimate of drug-likeness (QED) is 0.780. The van der Waals surface area contributed by atoms with Crippen molar-refractivity contribution in [3.05, 3.63) is 0 Å². The molecule has 1 rings (SSSR count). The molecule has 1 unspecified atom stereocenters. The van der Waals surface area contributed by atoms with Gasteiger partial charge < -0.3 is 10.4 Å². The number of hydrogen-bond donors (Lipinski definition) is 2. The minimum absolute atomic E-state index is 0.434. The lowest BCUT2D eigenvalue weighted by Crippen LogP contribution is -2.61. The van der Waals surface area contributed by atoms with Gasteiger partial charge in [-0.25, -0.2) is 4.79 Å². The molecular weight excluding hydrogens is 227 g/mol. The van der Waals surface area contributed by atoms with E-state index >= 15 is 0 Å². The number of carbonyl (C=O) groups excluding carboxylic acids is 1. The zero-order valence-electron chi connectivity index (χ0n) is 8.60. The zero-order valence-corrected chi connectivity index (χ0v) is 8.60. The van der Waals surface area contributed by atoms with Crippen molar-refractivity contribution in [2.24, 2.45) is 5.92 Å². The summed E-state index contributed by atoms with van der Waals surface area (Å²) in [5.74, 6) is -4.07. The Kier molecular flexibility index (Phi) is 3.16. The summed E-state index contributed by atoms with van der Waals surface area (Å²) in [7, 11) is 0. The molecule has 0 aliphatic heterocycles. The van der Waals surface area contributed by atoms with Crippen LogP contribution in [0.4, 0.5) is 13.2 Å². The second kappa shape index (κ2) is 3.95. The van der Waals surface area contributed by atoms with Gasteiger partial charge in [0.1, 0.15) is 5.54 Å². The Morgan fingerprint density at radius 3 is 2.06 bits per heavy atom. The molecule has 1 fully saturated rings. The molecule has 1 amide bonds. The van der Waals surface area contributed by atoms with E-state index in [1.807, 2.05) is 0 Å². The van der Waals surface area contributed by atoms with E-state index in [1.54, 1.807) is 5.32 Å². The van der Waals surface area contributed by atoms with Crippen molar-refractivity contribution >= 4 is 11.9 Å². The number of amides is 1. The minimum Gasteiger partial charge on any atom is -0.480 e. The largest absolute Gasteiger partial charge is 0.480 e. The monoisotopic (exact) mass is 239 g/mol. The number of carbonyl (C=O) groups is 2. The third-order valence-corrected chi connectivity index (χ3v) is 3.00. The molecule has 0 radical (unpaired) electrons. The van der Waals surface area contributed by atoms with Gasteiger partial charge in [0.15, 0.2) is 0 Å². The average molecular weight is 239 g/mol. The highest BCUT2D eigenvalue weighted by Gasteiger charge is 2.50. The average Bonchev–Trinajstić information content (AvgIpc) is 1.97. The van der Waals surface area contributed by atoms with Crippen molar-refractivity contribution < 1.29 is 27.9 Å². The van der Waals surface area contributed by atoms with E-state index in [0.717, 1.165) is 13.3 Å². The van der Waals surface area contributed by atoms with E-state index in [9.17, 15) is 22.8 Å². The van der Waals surface area contributed by atoms with Crippen molar-refractivity contribution in [3.8, 4) is 0 Å². The Labute approximate surface area is 89.8 Å². The smallest absolute Gasteiger partial charge is 0.471 e. The molecule has 1 atom stereocenters.